The standard InChI is InChI=1S/C12H18N12O6/c13-21-17-2-5-8(26)9(27)6(20-24-16)12(29-5)30-11-4(19-23-15)1-3(18-22-14)7(25)10(11)28/h3-12,25-28H,1-2H2/t3?,4?,5-,6?,7-,8-,9-,10+,11+,12-/m1/s1. The van der Waals surface area contributed by atoms with E-state index in [0.29, 0.717) is 0 Å². The first kappa shape index (κ1) is 23.3. The summed E-state index contributed by atoms with van der Waals surface area (Å²) >= 11 is 0. The van der Waals surface area contributed by atoms with E-state index in [1.807, 2.05) is 0 Å². The van der Waals surface area contributed by atoms with Gasteiger partial charge >= 0.3 is 0 Å². The van der Waals surface area contributed by atoms with Crippen LogP contribution in [0, 0.1) is 0 Å². The molecule has 0 radical (unpaired) electrons. The Balaban J connectivity index is 2.33. The minimum Gasteiger partial charge on any atom is -0.390 e. The number of hydrogen-bond donors (Lipinski definition) is 4. The van der Waals surface area contributed by atoms with Gasteiger partial charge in [-0.15, -0.1) is 0 Å². The minimum atomic E-state index is -1.71. The van der Waals surface area contributed by atoms with Gasteiger partial charge < -0.3 is 29.9 Å². The van der Waals surface area contributed by atoms with Gasteiger partial charge in [-0.3, -0.25) is 0 Å². The molecule has 0 spiro atoms. The predicted molar refractivity (Wildman–Crippen MR) is 95.0 cm³/mol. The zero-order valence-corrected chi connectivity index (χ0v) is 15.2. The summed E-state index contributed by atoms with van der Waals surface area (Å²) in [5, 5.41) is 54.4. The third-order valence-electron chi connectivity index (χ3n) is 4.81. The number of aliphatic hydroxyl groups excluding tert-OH is 4. The molecule has 1 heterocycles. The Morgan fingerprint density at radius 3 is 2.03 bits per heavy atom. The van der Waals surface area contributed by atoms with Crippen LogP contribution in [0.3, 0.4) is 0 Å². The Hall–Kier alpha value is -3.00. The summed E-state index contributed by atoms with van der Waals surface area (Å²) in [7, 11) is 0. The number of rotatable bonds is 7. The second kappa shape index (κ2) is 10.7. The first-order valence-electron chi connectivity index (χ1n) is 8.56. The lowest BCUT2D eigenvalue weighted by Crippen LogP contribution is -2.62. The maximum atomic E-state index is 10.4. The van der Waals surface area contributed by atoms with Gasteiger partial charge in [0.1, 0.15) is 18.2 Å². The van der Waals surface area contributed by atoms with Gasteiger partial charge in [0.25, 0.3) is 0 Å². The van der Waals surface area contributed by atoms with E-state index in [4.69, 9.17) is 31.6 Å². The van der Waals surface area contributed by atoms with Crippen molar-refractivity contribution >= 4 is 0 Å². The van der Waals surface area contributed by atoms with Gasteiger partial charge in [0.2, 0.25) is 0 Å². The number of ether oxygens (including phenoxy) is 2. The first-order valence-corrected chi connectivity index (χ1v) is 8.56. The Bertz CT molecular complexity index is 802. The highest BCUT2D eigenvalue weighted by molar-refractivity contribution is 5.02. The smallest absolute Gasteiger partial charge is 0.169 e. The molecule has 0 bridgehead atoms. The zero-order valence-electron chi connectivity index (χ0n) is 15.2. The van der Waals surface area contributed by atoms with Gasteiger partial charge in [0.05, 0.1) is 43.0 Å². The zero-order chi connectivity index (χ0) is 22.3. The van der Waals surface area contributed by atoms with Gasteiger partial charge in [0.15, 0.2) is 6.29 Å². The Morgan fingerprint density at radius 1 is 0.800 bits per heavy atom. The van der Waals surface area contributed by atoms with E-state index in [-0.39, 0.29) is 6.42 Å². The number of nitrogens with zero attached hydrogens (tertiary/aromatic N) is 12. The van der Waals surface area contributed by atoms with Crippen LogP contribution in [0.2, 0.25) is 0 Å². The van der Waals surface area contributed by atoms with Crippen LogP contribution in [0.5, 0.6) is 0 Å². The molecule has 0 aromatic rings. The SMILES string of the molecule is [N-]=[N+]=NC[C@H]1O[C@H](O[C@H]2C(N=[N+]=[N-])CC(N=[N+]=[N-])[C@@H](O)[C@@H]2O)C(N=[N+]=[N-])[C@@H](O)[C@@H]1O. The van der Waals surface area contributed by atoms with Crippen LogP contribution in [-0.2, 0) is 9.47 Å². The van der Waals surface area contributed by atoms with Gasteiger partial charge in [0, 0.05) is 19.6 Å². The molecule has 0 amide bonds. The van der Waals surface area contributed by atoms with Crippen molar-refractivity contribution in [3.63, 3.8) is 0 Å². The van der Waals surface area contributed by atoms with Crippen LogP contribution in [0.4, 0.5) is 0 Å². The fourth-order valence-electron chi connectivity index (χ4n) is 3.34. The fourth-order valence-corrected chi connectivity index (χ4v) is 3.34. The lowest BCUT2D eigenvalue weighted by Gasteiger charge is -2.45. The molecule has 30 heavy (non-hydrogen) atoms. The highest BCUT2D eigenvalue weighted by Crippen LogP contribution is 2.32. The number of aliphatic hydroxyl groups is 4. The molecule has 4 N–H and O–H groups in total. The quantitative estimate of drug-likeness (QED) is 0.251. The summed E-state index contributed by atoms with van der Waals surface area (Å²) in [6.07, 6.45) is -11.0. The minimum absolute atomic E-state index is 0.177. The Kier molecular flexibility index (Phi) is 8.29. The lowest BCUT2D eigenvalue weighted by molar-refractivity contribution is -0.287. The summed E-state index contributed by atoms with van der Waals surface area (Å²) in [6.45, 7) is -0.397. The summed E-state index contributed by atoms with van der Waals surface area (Å²) in [5.41, 5.74) is 34.6. The number of azide groups is 4. The molecule has 2 fully saturated rings. The molecule has 10 atom stereocenters. The van der Waals surface area contributed by atoms with Crippen molar-refractivity contribution < 1.29 is 29.9 Å². The molecule has 2 rings (SSSR count). The highest BCUT2D eigenvalue weighted by atomic mass is 16.7. The molecule has 3 unspecified atom stereocenters. The van der Waals surface area contributed by atoms with E-state index >= 15 is 0 Å². The fraction of sp³-hybridized carbons (Fsp3) is 1.00. The summed E-state index contributed by atoms with van der Waals surface area (Å²) < 4.78 is 11.1. The first-order chi connectivity index (χ1) is 14.4. The van der Waals surface area contributed by atoms with E-state index in [9.17, 15) is 20.4 Å². The predicted octanol–water partition coefficient (Wildman–Crippen LogP) is 0.291. The van der Waals surface area contributed by atoms with Crippen LogP contribution < -0.4 is 0 Å². The molecular weight excluding hydrogens is 408 g/mol. The van der Waals surface area contributed by atoms with Gasteiger partial charge in [-0.25, -0.2) is 0 Å². The van der Waals surface area contributed by atoms with Crippen LogP contribution in [0.15, 0.2) is 20.5 Å². The number of hydrogen-bond acceptors (Lipinski definition) is 10. The monoisotopic (exact) mass is 426 g/mol. The maximum Gasteiger partial charge on any atom is 0.169 e. The molecule has 0 aromatic heterocycles. The van der Waals surface area contributed by atoms with E-state index in [1.165, 1.54) is 0 Å². The second-order valence-electron chi connectivity index (χ2n) is 6.50. The van der Waals surface area contributed by atoms with Crippen LogP contribution in [0.25, 0.3) is 41.8 Å². The van der Waals surface area contributed by atoms with Crippen LogP contribution in [-0.4, -0.2) is 88.0 Å². The highest BCUT2D eigenvalue weighted by Gasteiger charge is 2.49. The van der Waals surface area contributed by atoms with Gasteiger partial charge in [-0.1, -0.05) is 20.5 Å². The third-order valence-corrected chi connectivity index (χ3v) is 4.81. The van der Waals surface area contributed by atoms with Crippen LogP contribution >= 0.6 is 0 Å². The largest absolute Gasteiger partial charge is 0.390 e. The summed E-state index contributed by atoms with van der Waals surface area (Å²) in [5.74, 6) is 0. The average molecular weight is 426 g/mol. The van der Waals surface area contributed by atoms with Crippen molar-refractivity contribution in [2.45, 2.75) is 67.5 Å². The van der Waals surface area contributed by atoms with Crippen molar-refractivity contribution in [3.8, 4) is 0 Å². The summed E-state index contributed by atoms with van der Waals surface area (Å²) in [6, 6.07) is -3.72. The van der Waals surface area contributed by atoms with E-state index < -0.39 is 67.6 Å². The normalized spacial score (nSPS) is 40.7. The topological polar surface area (TPSA) is 294 Å². The molecule has 1 saturated heterocycles. The van der Waals surface area contributed by atoms with E-state index in [1.54, 1.807) is 0 Å². The molecule has 1 aliphatic heterocycles. The molecule has 162 valence electrons. The maximum absolute atomic E-state index is 10.4. The lowest BCUT2D eigenvalue weighted by atomic mass is 9.84. The van der Waals surface area contributed by atoms with Gasteiger partial charge in [-0.2, -0.15) is 0 Å². The molecular formula is C12H18N12O6. The van der Waals surface area contributed by atoms with Crippen LogP contribution in [0.1, 0.15) is 6.42 Å². The summed E-state index contributed by atoms with van der Waals surface area (Å²) in [4.78, 5) is 10.3. The molecule has 2 aliphatic rings. The van der Waals surface area contributed by atoms with Crippen molar-refractivity contribution in [1.29, 1.82) is 0 Å². The van der Waals surface area contributed by atoms with E-state index in [0.717, 1.165) is 0 Å². The molecule has 18 heteroatoms. The molecule has 1 aliphatic carbocycles. The second-order valence-corrected chi connectivity index (χ2v) is 6.50. The van der Waals surface area contributed by atoms with Gasteiger partial charge in [-0.05, 0) is 28.5 Å². The third kappa shape index (κ3) is 4.94. The van der Waals surface area contributed by atoms with Crippen molar-refractivity contribution in [3.05, 3.63) is 41.8 Å². The molecule has 0 aromatic carbocycles. The Morgan fingerprint density at radius 2 is 1.43 bits per heavy atom. The van der Waals surface area contributed by atoms with Crippen molar-refractivity contribution in [1.82, 2.24) is 0 Å². The molecule has 18 nitrogen and oxygen atoms in total. The van der Waals surface area contributed by atoms with E-state index in [2.05, 4.69) is 40.1 Å². The Labute approximate surface area is 167 Å². The average Bonchev–Trinajstić information content (AvgIpc) is 2.73. The van der Waals surface area contributed by atoms with Crippen molar-refractivity contribution in [2.24, 2.45) is 20.5 Å². The van der Waals surface area contributed by atoms with Crippen molar-refractivity contribution in [2.75, 3.05) is 6.54 Å². The molecule has 1 saturated carbocycles.